The molecule has 132 valence electrons. The molecular formula is C19H22N2O3S. The Balaban J connectivity index is 1.68. The molecule has 2 N–H and O–H groups in total. The van der Waals surface area contributed by atoms with Gasteiger partial charge in [0.25, 0.3) is 0 Å². The highest BCUT2D eigenvalue weighted by Crippen LogP contribution is 2.15. The van der Waals surface area contributed by atoms with E-state index in [-0.39, 0.29) is 29.4 Å². The van der Waals surface area contributed by atoms with Crippen molar-refractivity contribution in [3.63, 3.8) is 0 Å². The maximum Gasteiger partial charge on any atom is 0.234 e. The first-order chi connectivity index (χ1) is 12.1. The molecule has 0 spiro atoms. The fraction of sp³-hybridized carbons (Fsp3) is 0.263. The summed E-state index contributed by atoms with van der Waals surface area (Å²) in [5.74, 6) is 0.973. The number of methoxy groups -OCH3 is 1. The summed E-state index contributed by atoms with van der Waals surface area (Å²) in [4.78, 5) is 23.9. The lowest BCUT2D eigenvalue weighted by molar-refractivity contribution is -0.119. The average molecular weight is 358 g/mol. The van der Waals surface area contributed by atoms with Crippen LogP contribution in [0, 0.1) is 0 Å². The Labute approximate surface area is 152 Å². The van der Waals surface area contributed by atoms with E-state index in [1.807, 2.05) is 37.3 Å². The van der Waals surface area contributed by atoms with E-state index >= 15 is 0 Å². The number of carbonyl (C=O) groups is 2. The third-order valence-corrected chi connectivity index (χ3v) is 4.45. The van der Waals surface area contributed by atoms with Gasteiger partial charge in [-0.3, -0.25) is 9.59 Å². The van der Waals surface area contributed by atoms with Crippen LogP contribution in [0.5, 0.6) is 5.75 Å². The predicted octanol–water partition coefficient (Wildman–Crippen LogP) is 3.24. The summed E-state index contributed by atoms with van der Waals surface area (Å²) in [6, 6.07) is 16.8. The normalized spacial score (nSPS) is 11.4. The molecule has 0 radical (unpaired) electrons. The summed E-state index contributed by atoms with van der Waals surface area (Å²) < 4.78 is 5.07. The average Bonchev–Trinajstić information content (AvgIpc) is 2.63. The molecule has 2 rings (SSSR count). The van der Waals surface area contributed by atoms with Crippen molar-refractivity contribution >= 4 is 29.3 Å². The molecule has 0 aliphatic rings. The van der Waals surface area contributed by atoms with Gasteiger partial charge in [0.2, 0.25) is 11.8 Å². The molecule has 2 aromatic rings. The van der Waals surface area contributed by atoms with Crippen molar-refractivity contribution in [2.45, 2.75) is 13.0 Å². The van der Waals surface area contributed by atoms with Crippen molar-refractivity contribution in [2.75, 3.05) is 23.9 Å². The van der Waals surface area contributed by atoms with E-state index in [0.29, 0.717) is 5.69 Å². The lowest BCUT2D eigenvalue weighted by Gasteiger charge is -2.14. The van der Waals surface area contributed by atoms with E-state index in [1.54, 1.807) is 31.4 Å². The fourth-order valence-electron chi connectivity index (χ4n) is 2.22. The Morgan fingerprint density at radius 1 is 1.00 bits per heavy atom. The standard InChI is InChI=1S/C19H22N2O3S/c1-14(15-6-4-3-5-7-15)20-18(22)12-25-13-19(23)21-16-8-10-17(24-2)11-9-16/h3-11,14H,12-13H2,1-2H3,(H,20,22)(H,21,23). The van der Waals surface area contributed by atoms with Crippen LogP contribution in [0.3, 0.4) is 0 Å². The van der Waals surface area contributed by atoms with Crippen molar-refractivity contribution < 1.29 is 14.3 Å². The third-order valence-electron chi connectivity index (χ3n) is 3.52. The van der Waals surface area contributed by atoms with Gasteiger partial charge in [0, 0.05) is 5.69 Å². The molecule has 0 aliphatic carbocycles. The maximum atomic E-state index is 12.0. The van der Waals surface area contributed by atoms with Crippen molar-refractivity contribution in [2.24, 2.45) is 0 Å². The predicted molar refractivity (Wildman–Crippen MR) is 102 cm³/mol. The highest BCUT2D eigenvalue weighted by Gasteiger charge is 2.10. The lowest BCUT2D eigenvalue weighted by atomic mass is 10.1. The molecule has 5 nitrogen and oxygen atoms in total. The van der Waals surface area contributed by atoms with Crippen molar-refractivity contribution in [1.29, 1.82) is 0 Å². The van der Waals surface area contributed by atoms with E-state index in [9.17, 15) is 9.59 Å². The number of rotatable bonds is 8. The van der Waals surface area contributed by atoms with Gasteiger partial charge in [0.1, 0.15) is 5.75 Å². The Morgan fingerprint density at radius 3 is 2.28 bits per heavy atom. The minimum absolute atomic E-state index is 0.0533. The minimum Gasteiger partial charge on any atom is -0.497 e. The Bertz CT molecular complexity index is 690. The second-order valence-electron chi connectivity index (χ2n) is 5.47. The zero-order valence-corrected chi connectivity index (χ0v) is 15.1. The van der Waals surface area contributed by atoms with Crippen LogP contribution in [0.15, 0.2) is 54.6 Å². The second kappa shape index (κ2) is 9.74. The molecule has 0 heterocycles. The van der Waals surface area contributed by atoms with Gasteiger partial charge in [-0.1, -0.05) is 30.3 Å². The summed E-state index contributed by atoms with van der Waals surface area (Å²) in [6.45, 7) is 1.94. The number of anilines is 1. The SMILES string of the molecule is COc1ccc(NC(=O)CSCC(=O)NC(C)c2ccccc2)cc1. The number of benzene rings is 2. The first-order valence-corrected chi connectivity index (χ1v) is 9.10. The summed E-state index contributed by atoms with van der Waals surface area (Å²) in [5, 5.41) is 5.71. The molecule has 6 heteroatoms. The quantitative estimate of drug-likeness (QED) is 0.760. The van der Waals surface area contributed by atoms with Crippen molar-refractivity contribution in [3.05, 3.63) is 60.2 Å². The third kappa shape index (κ3) is 6.51. The van der Waals surface area contributed by atoms with Crippen LogP contribution >= 0.6 is 11.8 Å². The van der Waals surface area contributed by atoms with Gasteiger partial charge in [0.05, 0.1) is 24.7 Å². The number of nitrogens with one attached hydrogen (secondary N) is 2. The van der Waals surface area contributed by atoms with Crippen LogP contribution in [-0.4, -0.2) is 30.4 Å². The topological polar surface area (TPSA) is 67.4 Å². The molecule has 0 aliphatic heterocycles. The highest BCUT2D eigenvalue weighted by atomic mass is 32.2. The minimum atomic E-state index is -0.140. The van der Waals surface area contributed by atoms with E-state index in [1.165, 1.54) is 11.8 Å². The molecule has 0 fully saturated rings. The van der Waals surface area contributed by atoms with Gasteiger partial charge < -0.3 is 15.4 Å². The molecular weight excluding hydrogens is 336 g/mol. The molecule has 0 saturated carbocycles. The van der Waals surface area contributed by atoms with Gasteiger partial charge in [0.15, 0.2) is 0 Å². The van der Waals surface area contributed by atoms with Crippen molar-refractivity contribution in [3.8, 4) is 5.75 Å². The number of thioether (sulfide) groups is 1. The van der Waals surface area contributed by atoms with E-state index < -0.39 is 0 Å². The van der Waals surface area contributed by atoms with Crippen LogP contribution in [-0.2, 0) is 9.59 Å². The number of amides is 2. The van der Waals surface area contributed by atoms with Gasteiger partial charge in [-0.25, -0.2) is 0 Å². The van der Waals surface area contributed by atoms with Gasteiger partial charge in [-0.2, -0.15) is 0 Å². The highest BCUT2D eigenvalue weighted by molar-refractivity contribution is 8.00. The first-order valence-electron chi connectivity index (χ1n) is 7.94. The van der Waals surface area contributed by atoms with E-state index in [4.69, 9.17) is 4.74 Å². The van der Waals surface area contributed by atoms with E-state index in [0.717, 1.165) is 11.3 Å². The molecule has 0 saturated heterocycles. The maximum absolute atomic E-state index is 12.0. The summed E-state index contributed by atoms with van der Waals surface area (Å²) in [7, 11) is 1.59. The van der Waals surface area contributed by atoms with Gasteiger partial charge >= 0.3 is 0 Å². The first kappa shape index (κ1) is 18.9. The number of hydrogen-bond acceptors (Lipinski definition) is 4. The zero-order valence-electron chi connectivity index (χ0n) is 14.3. The molecule has 2 amide bonds. The Morgan fingerprint density at radius 2 is 1.64 bits per heavy atom. The number of carbonyl (C=O) groups excluding carboxylic acids is 2. The fourth-order valence-corrected chi connectivity index (χ4v) is 2.84. The summed E-state index contributed by atoms with van der Waals surface area (Å²) in [6.07, 6.45) is 0. The molecule has 1 atom stereocenters. The molecule has 25 heavy (non-hydrogen) atoms. The smallest absolute Gasteiger partial charge is 0.234 e. The molecule has 2 aromatic carbocycles. The van der Waals surface area contributed by atoms with Crippen LogP contribution < -0.4 is 15.4 Å². The van der Waals surface area contributed by atoms with Crippen LogP contribution in [0.1, 0.15) is 18.5 Å². The Kier molecular flexibility index (Phi) is 7.35. The van der Waals surface area contributed by atoms with Crippen molar-refractivity contribution in [1.82, 2.24) is 5.32 Å². The Hall–Kier alpha value is -2.47. The van der Waals surface area contributed by atoms with Crippen LogP contribution in [0.4, 0.5) is 5.69 Å². The van der Waals surface area contributed by atoms with Crippen LogP contribution in [0.25, 0.3) is 0 Å². The largest absolute Gasteiger partial charge is 0.497 e. The lowest BCUT2D eigenvalue weighted by Crippen LogP contribution is -2.28. The summed E-state index contributed by atoms with van der Waals surface area (Å²) in [5.41, 5.74) is 1.76. The molecule has 0 aromatic heterocycles. The van der Waals surface area contributed by atoms with Crippen LogP contribution in [0.2, 0.25) is 0 Å². The summed E-state index contributed by atoms with van der Waals surface area (Å²) >= 11 is 1.28. The number of ether oxygens (including phenoxy) is 1. The zero-order chi connectivity index (χ0) is 18.1. The van der Waals surface area contributed by atoms with E-state index in [2.05, 4.69) is 10.6 Å². The number of hydrogen-bond donors (Lipinski definition) is 2. The molecule has 0 bridgehead atoms. The monoisotopic (exact) mass is 358 g/mol. The van der Waals surface area contributed by atoms with Gasteiger partial charge in [-0.15, -0.1) is 11.8 Å². The van der Waals surface area contributed by atoms with Gasteiger partial charge in [-0.05, 0) is 36.8 Å². The second-order valence-corrected chi connectivity index (χ2v) is 6.45. The molecule has 1 unspecified atom stereocenters.